The predicted octanol–water partition coefficient (Wildman–Crippen LogP) is 6.76. The molecule has 4 unspecified atom stereocenters. The Hall–Kier alpha value is -3.55. The van der Waals surface area contributed by atoms with Crippen molar-refractivity contribution in [1.29, 1.82) is 0 Å². The molecule has 238 valence electrons. The van der Waals surface area contributed by atoms with Gasteiger partial charge in [-0.3, -0.25) is 4.79 Å². The van der Waals surface area contributed by atoms with E-state index < -0.39 is 11.5 Å². The van der Waals surface area contributed by atoms with E-state index in [-0.39, 0.29) is 41.8 Å². The number of aromatic hydroxyl groups is 3. The number of ketones is 1. The lowest BCUT2D eigenvalue weighted by molar-refractivity contribution is -0.121. The minimum atomic E-state index is -0.843. The molecule has 0 heterocycles. The summed E-state index contributed by atoms with van der Waals surface area (Å²) in [5, 5.41) is 45.5. The summed E-state index contributed by atoms with van der Waals surface area (Å²) in [4.78, 5) is 13.6. The molecule has 1 fully saturated rings. The van der Waals surface area contributed by atoms with E-state index in [2.05, 4.69) is 24.4 Å². The van der Waals surface area contributed by atoms with Gasteiger partial charge >= 0.3 is 0 Å². The molecule has 0 radical (unpaired) electrons. The van der Waals surface area contributed by atoms with E-state index in [0.29, 0.717) is 18.1 Å². The van der Waals surface area contributed by atoms with Crippen molar-refractivity contribution in [3.05, 3.63) is 83.4 Å². The van der Waals surface area contributed by atoms with Crippen LogP contribution in [0.4, 0.5) is 0 Å². The fourth-order valence-corrected chi connectivity index (χ4v) is 7.03. The molecule has 0 spiro atoms. The summed E-state index contributed by atoms with van der Waals surface area (Å²) in [7, 11) is 1.51. The average Bonchev–Trinajstić information content (AvgIpc) is 3.01. The Bertz CT molecular complexity index is 1350. The van der Waals surface area contributed by atoms with Crippen molar-refractivity contribution in [3.8, 4) is 23.0 Å². The fraction of sp³-hybridized carbons (Fsp3) is 0.486. The SMILES string of the molecule is CCCNCC1CCCC(CC(O)CC(=O)CC(CCc2ccccc2)c2ccc(O)c(OC)c2)(c2ccc(O)c(O)c2)C1. The third kappa shape index (κ3) is 8.99. The first-order chi connectivity index (χ1) is 21.2. The van der Waals surface area contributed by atoms with Crippen molar-refractivity contribution >= 4 is 5.78 Å². The van der Waals surface area contributed by atoms with Gasteiger partial charge in [0.05, 0.1) is 13.2 Å². The average molecular weight is 604 g/mol. The molecule has 4 rings (SSSR count). The molecule has 0 aliphatic heterocycles. The molecule has 5 N–H and O–H groups in total. The summed E-state index contributed by atoms with van der Waals surface area (Å²) >= 11 is 0. The molecule has 3 aromatic rings. The van der Waals surface area contributed by atoms with Crippen LogP contribution in [-0.4, -0.2) is 52.5 Å². The van der Waals surface area contributed by atoms with Gasteiger partial charge in [-0.05, 0) is 116 Å². The summed E-state index contributed by atoms with van der Waals surface area (Å²) < 4.78 is 5.35. The normalized spacial score (nSPS) is 19.8. The second-order valence-electron chi connectivity index (χ2n) is 12.6. The molecule has 0 aromatic heterocycles. The summed E-state index contributed by atoms with van der Waals surface area (Å²) in [6, 6.07) is 20.4. The van der Waals surface area contributed by atoms with Gasteiger partial charge in [0.25, 0.3) is 0 Å². The van der Waals surface area contributed by atoms with Crippen LogP contribution >= 0.6 is 0 Å². The number of phenolic OH excluding ortho intramolecular Hbond substituents is 3. The molecular formula is C37H49NO6. The quantitative estimate of drug-likeness (QED) is 0.0907. The first-order valence-corrected chi connectivity index (χ1v) is 16.1. The molecule has 7 heteroatoms. The Balaban J connectivity index is 1.50. The lowest BCUT2D eigenvalue weighted by atomic mass is 9.63. The first kappa shape index (κ1) is 33.3. The van der Waals surface area contributed by atoms with Crippen LogP contribution in [-0.2, 0) is 16.6 Å². The van der Waals surface area contributed by atoms with Crippen LogP contribution in [0.3, 0.4) is 0 Å². The smallest absolute Gasteiger partial charge is 0.160 e. The lowest BCUT2D eigenvalue weighted by Crippen LogP contribution is -2.40. The maximum atomic E-state index is 13.6. The Morgan fingerprint density at radius 3 is 2.50 bits per heavy atom. The molecule has 0 saturated heterocycles. The van der Waals surface area contributed by atoms with Crippen LogP contribution < -0.4 is 10.1 Å². The number of carbonyl (C=O) groups is 1. The van der Waals surface area contributed by atoms with Gasteiger partial charge < -0.3 is 30.5 Å². The highest BCUT2D eigenvalue weighted by molar-refractivity contribution is 5.79. The van der Waals surface area contributed by atoms with Gasteiger partial charge in [0.15, 0.2) is 23.0 Å². The minimum Gasteiger partial charge on any atom is -0.504 e. The zero-order chi connectivity index (χ0) is 31.5. The number of aliphatic hydroxyl groups is 1. The number of Topliss-reactive ketones (excluding diaryl/α,β-unsaturated/α-hetero) is 1. The van der Waals surface area contributed by atoms with Crippen molar-refractivity contribution in [3.63, 3.8) is 0 Å². The van der Waals surface area contributed by atoms with Crippen molar-refractivity contribution in [2.24, 2.45) is 5.92 Å². The van der Waals surface area contributed by atoms with Gasteiger partial charge in [-0.25, -0.2) is 0 Å². The second-order valence-corrected chi connectivity index (χ2v) is 12.6. The van der Waals surface area contributed by atoms with Crippen LogP contribution in [0.2, 0.25) is 0 Å². The highest BCUT2D eigenvalue weighted by atomic mass is 16.5. The minimum absolute atomic E-state index is 0.0109. The summed E-state index contributed by atoms with van der Waals surface area (Å²) in [6.07, 6.45) is 6.26. The van der Waals surface area contributed by atoms with Crippen LogP contribution in [0.25, 0.3) is 0 Å². The van der Waals surface area contributed by atoms with Gasteiger partial charge in [-0.1, -0.05) is 55.8 Å². The third-order valence-corrected chi connectivity index (χ3v) is 9.26. The van der Waals surface area contributed by atoms with Crippen LogP contribution in [0.5, 0.6) is 23.0 Å². The summed E-state index contributed by atoms with van der Waals surface area (Å²) in [5.41, 5.74) is 2.61. The largest absolute Gasteiger partial charge is 0.504 e. The van der Waals surface area contributed by atoms with Gasteiger partial charge in [0.1, 0.15) is 5.78 Å². The molecule has 1 aliphatic carbocycles. The standard InChI is InChI=1S/C37H49NO6/c1-3-18-38-25-27-10-7-17-37(23-27,30-14-16-33(41)35(43)21-30)24-32(40)22-31(39)19-28(12-11-26-8-5-4-6-9-26)29-13-15-34(42)36(20-29)44-2/h4-6,8-9,13-16,20-21,27-28,32,38,40-43H,3,7,10-12,17-19,22-25H2,1-2H3. The fourth-order valence-electron chi connectivity index (χ4n) is 7.03. The van der Waals surface area contributed by atoms with E-state index in [1.807, 2.05) is 30.3 Å². The van der Waals surface area contributed by atoms with Crippen molar-refractivity contribution in [2.45, 2.75) is 88.6 Å². The van der Waals surface area contributed by atoms with Crippen LogP contribution in [0.1, 0.15) is 87.3 Å². The van der Waals surface area contributed by atoms with Gasteiger partial charge in [-0.15, -0.1) is 0 Å². The monoisotopic (exact) mass is 603 g/mol. The van der Waals surface area contributed by atoms with E-state index in [0.717, 1.165) is 69.2 Å². The number of methoxy groups -OCH3 is 1. The highest BCUT2D eigenvalue weighted by Gasteiger charge is 2.40. The molecule has 0 bridgehead atoms. The molecule has 7 nitrogen and oxygen atoms in total. The molecule has 0 amide bonds. The van der Waals surface area contributed by atoms with E-state index in [1.54, 1.807) is 18.2 Å². The molecular weight excluding hydrogens is 554 g/mol. The second kappa shape index (κ2) is 16.0. The van der Waals surface area contributed by atoms with E-state index >= 15 is 0 Å². The highest BCUT2D eigenvalue weighted by Crippen LogP contribution is 2.47. The topological polar surface area (TPSA) is 119 Å². The number of aryl methyl sites for hydroxylation is 1. The Labute approximate surface area is 261 Å². The Morgan fingerprint density at radius 2 is 1.77 bits per heavy atom. The van der Waals surface area contributed by atoms with Gasteiger partial charge in [0.2, 0.25) is 0 Å². The number of phenols is 3. The van der Waals surface area contributed by atoms with E-state index in [9.17, 15) is 25.2 Å². The maximum Gasteiger partial charge on any atom is 0.160 e. The number of aliphatic hydroxyl groups excluding tert-OH is 1. The number of carbonyl (C=O) groups excluding carboxylic acids is 1. The zero-order valence-corrected chi connectivity index (χ0v) is 26.2. The Kier molecular flexibility index (Phi) is 12.1. The van der Waals surface area contributed by atoms with Crippen molar-refractivity contribution in [1.82, 2.24) is 5.32 Å². The maximum absolute atomic E-state index is 13.6. The summed E-state index contributed by atoms with van der Waals surface area (Å²) in [5.74, 6) is 0.411. The zero-order valence-electron chi connectivity index (χ0n) is 26.2. The number of hydrogen-bond donors (Lipinski definition) is 5. The predicted molar refractivity (Wildman–Crippen MR) is 174 cm³/mol. The molecule has 3 aromatic carbocycles. The van der Waals surface area contributed by atoms with Crippen molar-refractivity contribution < 1.29 is 30.0 Å². The molecule has 44 heavy (non-hydrogen) atoms. The number of rotatable bonds is 16. The van der Waals surface area contributed by atoms with Crippen molar-refractivity contribution in [2.75, 3.05) is 20.2 Å². The number of hydrogen-bond acceptors (Lipinski definition) is 7. The third-order valence-electron chi connectivity index (χ3n) is 9.26. The molecule has 1 aliphatic rings. The molecule has 1 saturated carbocycles. The number of benzene rings is 3. The van der Waals surface area contributed by atoms with E-state index in [4.69, 9.17) is 4.74 Å². The summed E-state index contributed by atoms with van der Waals surface area (Å²) in [6.45, 7) is 4.00. The lowest BCUT2D eigenvalue weighted by Gasteiger charge is -2.43. The van der Waals surface area contributed by atoms with E-state index in [1.165, 1.54) is 18.7 Å². The van der Waals surface area contributed by atoms with Gasteiger partial charge in [-0.2, -0.15) is 0 Å². The number of ether oxygens (including phenoxy) is 1. The van der Waals surface area contributed by atoms with Gasteiger partial charge in [0, 0.05) is 12.8 Å². The van der Waals surface area contributed by atoms with Crippen LogP contribution in [0.15, 0.2) is 66.7 Å². The molecule has 4 atom stereocenters. The Morgan fingerprint density at radius 1 is 1.00 bits per heavy atom. The van der Waals surface area contributed by atoms with Crippen LogP contribution in [0, 0.1) is 5.92 Å². The number of nitrogens with one attached hydrogen (secondary N) is 1. The first-order valence-electron chi connectivity index (χ1n) is 16.1.